The van der Waals surface area contributed by atoms with Crippen LogP contribution in [0.4, 0.5) is 0 Å². The molecule has 0 bridgehead atoms. The molecule has 0 unspecified atom stereocenters. The molecule has 1 fully saturated rings. The third-order valence-corrected chi connectivity index (χ3v) is 4.30. The lowest BCUT2D eigenvalue weighted by Crippen LogP contribution is -3.14. The van der Waals surface area contributed by atoms with Gasteiger partial charge >= 0.3 is 5.97 Å². The first kappa shape index (κ1) is 18.7. The monoisotopic (exact) mass is 360 g/mol. The molecule has 1 heterocycles. The van der Waals surface area contributed by atoms with Crippen LogP contribution in [0.3, 0.4) is 0 Å². The van der Waals surface area contributed by atoms with Gasteiger partial charge in [-0.2, -0.15) is 0 Å². The standard InChI is InChI=1S/C23H21NO3/c1-19-18-22(27-23(25)21-9-4-2-5-10-21)12-11-20(19)8-6-3-7-13-24-14-16-26-17-15-24/h2,4-5,9-12,18H,13-17H2,1H3/p+1. The van der Waals surface area contributed by atoms with Crippen LogP contribution in [0, 0.1) is 30.6 Å². The normalized spacial score (nSPS) is 13.7. The van der Waals surface area contributed by atoms with Gasteiger partial charge in [0.2, 0.25) is 0 Å². The average molecular weight is 360 g/mol. The van der Waals surface area contributed by atoms with E-state index in [1.807, 2.05) is 37.3 Å². The van der Waals surface area contributed by atoms with E-state index >= 15 is 0 Å². The summed E-state index contributed by atoms with van der Waals surface area (Å²) >= 11 is 0. The van der Waals surface area contributed by atoms with E-state index < -0.39 is 0 Å². The predicted octanol–water partition coefficient (Wildman–Crippen LogP) is 1.48. The first-order valence-electron chi connectivity index (χ1n) is 9.00. The molecule has 0 spiro atoms. The molecular weight excluding hydrogens is 338 g/mol. The van der Waals surface area contributed by atoms with Crippen LogP contribution in [0.25, 0.3) is 0 Å². The van der Waals surface area contributed by atoms with Crippen LogP contribution in [0.2, 0.25) is 0 Å². The minimum atomic E-state index is -0.370. The predicted molar refractivity (Wildman–Crippen MR) is 104 cm³/mol. The van der Waals surface area contributed by atoms with Gasteiger partial charge in [-0.1, -0.05) is 24.1 Å². The maximum absolute atomic E-state index is 12.1. The van der Waals surface area contributed by atoms with Crippen LogP contribution < -0.4 is 9.64 Å². The number of aryl methyl sites for hydroxylation is 1. The first-order valence-corrected chi connectivity index (χ1v) is 9.00. The van der Waals surface area contributed by atoms with E-state index in [0.717, 1.165) is 44.0 Å². The quantitative estimate of drug-likeness (QED) is 0.512. The fraction of sp³-hybridized carbons (Fsp3) is 0.261. The Morgan fingerprint density at radius 1 is 1.11 bits per heavy atom. The lowest BCUT2D eigenvalue weighted by molar-refractivity contribution is -0.900. The molecule has 0 saturated carbocycles. The summed E-state index contributed by atoms with van der Waals surface area (Å²) in [6.45, 7) is 6.36. The molecule has 136 valence electrons. The number of rotatable bonds is 3. The Kier molecular flexibility index (Phi) is 6.66. The highest BCUT2D eigenvalue weighted by Crippen LogP contribution is 2.18. The number of carbonyl (C=O) groups excluding carboxylic acids is 1. The van der Waals surface area contributed by atoms with Crippen LogP contribution in [0.15, 0.2) is 48.5 Å². The van der Waals surface area contributed by atoms with Crippen molar-refractivity contribution < 1.29 is 19.2 Å². The number of ether oxygens (including phenoxy) is 2. The molecule has 0 amide bonds. The third kappa shape index (κ3) is 5.72. The van der Waals surface area contributed by atoms with Gasteiger partial charge in [-0.25, -0.2) is 4.79 Å². The second kappa shape index (κ2) is 9.59. The van der Waals surface area contributed by atoms with Gasteiger partial charge in [0.05, 0.1) is 18.8 Å². The van der Waals surface area contributed by atoms with Crippen molar-refractivity contribution in [2.75, 3.05) is 32.8 Å². The van der Waals surface area contributed by atoms with Gasteiger partial charge in [-0.05, 0) is 60.6 Å². The van der Waals surface area contributed by atoms with Gasteiger partial charge in [0.1, 0.15) is 25.4 Å². The summed E-state index contributed by atoms with van der Waals surface area (Å²) in [5, 5.41) is 0. The Morgan fingerprint density at radius 3 is 2.63 bits per heavy atom. The average Bonchev–Trinajstić information content (AvgIpc) is 2.70. The van der Waals surface area contributed by atoms with E-state index in [2.05, 4.69) is 23.7 Å². The summed E-state index contributed by atoms with van der Waals surface area (Å²) in [7, 11) is 0. The molecule has 0 aromatic heterocycles. The van der Waals surface area contributed by atoms with Crippen molar-refractivity contribution in [1.82, 2.24) is 0 Å². The number of carbonyl (C=O) groups is 1. The van der Waals surface area contributed by atoms with E-state index in [-0.39, 0.29) is 5.97 Å². The molecule has 2 aromatic rings. The second-order valence-electron chi connectivity index (χ2n) is 6.32. The zero-order chi connectivity index (χ0) is 18.9. The molecule has 27 heavy (non-hydrogen) atoms. The molecular formula is C23H22NO3+. The van der Waals surface area contributed by atoms with Gasteiger partial charge in [0.25, 0.3) is 0 Å². The molecule has 3 rings (SSSR count). The molecule has 1 saturated heterocycles. The van der Waals surface area contributed by atoms with Crippen molar-refractivity contribution in [2.24, 2.45) is 0 Å². The molecule has 4 heteroatoms. The number of morpholine rings is 1. The first-order chi connectivity index (χ1) is 13.2. The van der Waals surface area contributed by atoms with E-state index in [1.54, 1.807) is 18.2 Å². The minimum absolute atomic E-state index is 0.370. The van der Waals surface area contributed by atoms with Gasteiger partial charge in [0.15, 0.2) is 0 Å². The molecule has 4 nitrogen and oxygen atoms in total. The Morgan fingerprint density at radius 2 is 1.89 bits per heavy atom. The van der Waals surface area contributed by atoms with Crippen LogP contribution >= 0.6 is 0 Å². The Bertz CT molecular complexity index is 907. The van der Waals surface area contributed by atoms with Gasteiger partial charge in [-0.3, -0.25) is 0 Å². The fourth-order valence-corrected chi connectivity index (χ4v) is 2.73. The summed E-state index contributed by atoms with van der Waals surface area (Å²) in [4.78, 5) is 13.5. The molecule has 1 aliphatic rings. The number of hydrogen-bond donors (Lipinski definition) is 1. The lowest BCUT2D eigenvalue weighted by atomic mass is 10.1. The third-order valence-electron chi connectivity index (χ3n) is 4.30. The zero-order valence-corrected chi connectivity index (χ0v) is 15.4. The highest BCUT2D eigenvalue weighted by Gasteiger charge is 2.11. The minimum Gasteiger partial charge on any atom is -0.423 e. The van der Waals surface area contributed by atoms with E-state index in [1.165, 1.54) is 4.90 Å². The summed E-state index contributed by atoms with van der Waals surface area (Å²) in [6, 6.07) is 14.4. The summed E-state index contributed by atoms with van der Waals surface area (Å²) < 4.78 is 10.7. The van der Waals surface area contributed by atoms with Crippen LogP contribution in [-0.4, -0.2) is 38.8 Å². The molecule has 0 aliphatic carbocycles. The Balaban J connectivity index is 1.58. The molecule has 2 aromatic carbocycles. The number of hydrogen-bond acceptors (Lipinski definition) is 3. The molecule has 0 atom stereocenters. The number of nitrogens with one attached hydrogen (secondary N) is 1. The van der Waals surface area contributed by atoms with Crippen molar-refractivity contribution in [3.8, 4) is 29.4 Å². The summed E-state index contributed by atoms with van der Waals surface area (Å²) in [6.07, 6.45) is 0. The van der Waals surface area contributed by atoms with Gasteiger partial charge in [-0.15, -0.1) is 0 Å². The second-order valence-corrected chi connectivity index (χ2v) is 6.32. The smallest absolute Gasteiger partial charge is 0.343 e. The van der Waals surface area contributed by atoms with Crippen molar-refractivity contribution in [3.63, 3.8) is 0 Å². The highest BCUT2D eigenvalue weighted by atomic mass is 16.5. The van der Waals surface area contributed by atoms with Crippen LogP contribution in [0.1, 0.15) is 21.5 Å². The van der Waals surface area contributed by atoms with Crippen molar-refractivity contribution in [3.05, 3.63) is 65.2 Å². The maximum atomic E-state index is 12.1. The van der Waals surface area contributed by atoms with E-state index in [9.17, 15) is 4.79 Å². The van der Waals surface area contributed by atoms with Crippen LogP contribution in [-0.2, 0) is 4.74 Å². The Hall–Kier alpha value is -3.05. The molecule has 1 N–H and O–H groups in total. The highest BCUT2D eigenvalue weighted by molar-refractivity contribution is 5.91. The topological polar surface area (TPSA) is 40.0 Å². The Labute approximate surface area is 160 Å². The lowest BCUT2D eigenvalue weighted by Gasteiger charge is -2.21. The largest absolute Gasteiger partial charge is 0.423 e. The number of quaternary nitrogens is 1. The maximum Gasteiger partial charge on any atom is 0.343 e. The van der Waals surface area contributed by atoms with Crippen molar-refractivity contribution in [1.29, 1.82) is 0 Å². The van der Waals surface area contributed by atoms with E-state index in [0.29, 0.717) is 11.3 Å². The number of esters is 1. The van der Waals surface area contributed by atoms with Crippen molar-refractivity contribution in [2.45, 2.75) is 6.92 Å². The SMILES string of the molecule is Cc1cc(OC(=O)c2ccccc2)ccc1C#CC#CC[NH+]1CCOCC1. The number of benzene rings is 2. The summed E-state index contributed by atoms with van der Waals surface area (Å²) in [5.74, 6) is 12.1. The van der Waals surface area contributed by atoms with Gasteiger partial charge < -0.3 is 14.4 Å². The molecule has 0 radical (unpaired) electrons. The molecule has 1 aliphatic heterocycles. The van der Waals surface area contributed by atoms with E-state index in [4.69, 9.17) is 9.47 Å². The van der Waals surface area contributed by atoms with Crippen molar-refractivity contribution >= 4 is 5.97 Å². The zero-order valence-electron chi connectivity index (χ0n) is 15.4. The summed E-state index contributed by atoms with van der Waals surface area (Å²) in [5.41, 5.74) is 2.35. The van der Waals surface area contributed by atoms with Crippen LogP contribution in [0.5, 0.6) is 5.75 Å². The fourth-order valence-electron chi connectivity index (χ4n) is 2.73. The van der Waals surface area contributed by atoms with Gasteiger partial charge in [0, 0.05) is 5.56 Å².